The summed E-state index contributed by atoms with van der Waals surface area (Å²) in [4.78, 5) is 17.2. The fourth-order valence-corrected chi connectivity index (χ4v) is 5.07. The lowest BCUT2D eigenvalue weighted by molar-refractivity contribution is -0.113. The van der Waals surface area contributed by atoms with Gasteiger partial charge in [-0.3, -0.25) is 9.36 Å². The molecular formula is C23H28N4O3S2. The van der Waals surface area contributed by atoms with Gasteiger partial charge in [0.15, 0.2) is 5.16 Å². The van der Waals surface area contributed by atoms with Gasteiger partial charge in [-0.25, -0.2) is 17.7 Å². The van der Waals surface area contributed by atoms with Crippen LogP contribution >= 0.6 is 11.8 Å². The van der Waals surface area contributed by atoms with Crippen LogP contribution in [-0.2, 0) is 14.8 Å². The summed E-state index contributed by atoms with van der Waals surface area (Å²) in [6, 6.07) is 9.33. The quantitative estimate of drug-likeness (QED) is 0.524. The average Bonchev–Trinajstić information content (AvgIpc) is 3.17. The highest BCUT2D eigenvalue weighted by molar-refractivity contribution is 7.99. The Bertz CT molecular complexity index is 1260. The molecule has 3 rings (SSSR count). The van der Waals surface area contributed by atoms with Gasteiger partial charge in [0, 0.05) is 32.2 Å². The van der Waals surface area contributed by atoms with E-state index in [4.69, 9.17) is 0 Å². The molecule has 1 aromatic heterocycles. The molecule has 1 N–H and O–H groups in total. The van der Waals surface area contributed by atoms with E-state index in [1.807, 2.05) is 50.6 Å². The predicted octanol–water partition coefficient (Wildman–Crippen LogP) is 4.09. The third-order valence-electron chi connectivity index (χ3n) is 5.24. The highest BCUT2D eigenvalue weighted by Gasteiger charge is 2.20. The normalized spacial score (nSPS) is 11.7. The van der Waals surface area contributed by atoms with Crippen LogP contribution in [0.2, 0.25) is 0 Å². The third-order valence-corrected chi connectivity index (χ3v) is 8.00. The number of carbonyl (C=O) groups is 1. The molecule has 170 valence electrons. The van der Waals surface area contributed by atoms with E-state index < -0.39 is 10.0 Å². The second-order valence-corrected chi connectivity index (χ2v) is 11.0. The molecule has 3 aromatic rings. The van der Waals surface area contributed by atoms with Crippen LogP contribution in [0.25, 0.3) is 5.69 Å². The van der Waals surface area contributed by atoms with E-state index >= 15 is 0 Å². The topological polar surface area (TPSA) is 84.3 Å². The minimum atomic E-state index is -3.60. The van der Waals surface area contributed by atoms with Crippen LogP contribution < -0.4 is 5.32 Å². The second kappa shape index (κ2) is 9.48. The van der Waals surface area contributed by atoms with Crippen molar-refractivity contribution in [3.8, 4) is 5.69 Å². The Labute approximate surface area is 193 Å². The summed E-state index contributed by atoms with van der Waals surface area (Å²) in [5, 5.41) is 3.58. The van der Waals surface area contributed by atoms with Gasteiger partial charge in [0.2, 0.25) is 15.9 Å². The maximum Gasteiger partial charge on any atom is 0.242 e. The van der Waals surface area contributed by atoms with Gasteiger partial charge in [-0.05, 0) is 62.6 Å². The molecule has 0 aliphatic carbocycles. The molecule has 0 saturated heterocycles. The monoisotopic (exact) mass is 472 g/mol. The molecule has 0 unspecified atom stereocenters. The first kappa shape index (κ1) is 24.0. The van der Waals surface area contributed by atoms with Gasteiger partial charge in [-0.2, -0.15) is 0 Å². The zero-order chi connectivity index (χ0) is 23.6. The Morgan fingerprint density at radius 1 is 1.09 bits per heavy atom. The van der Waals surface area contributed by atoms with Crippen molar-refractivity contribution >= 4 is 33.4 Å². The van der Waals surface area contributed by atoms with Crippen molar-refractivity contribution in [3.63, 3.8) is 0 Å². The van der Waals surface area contributed by atoms with E-state index in [2.05, 4.69) is 16.4 Å². The summed E-state index contributed by atoms with van der Waals surface area (Å²) in [5.74, 6) is -0.0856. The zero-order valence-electron chi connectivity index (χ0n) is 19.1. The first-order valence-electron chi connectivity index (χ1n) is 10.1. The van der Waals surface area contributed by atoms with Crippen LogP contribution in [0.5, 0.6) is 0 Å². The van der Waals surface area contributed by atoms with Crippen LogP contribution in [0, 0.1) is 27.7 Å². The number of imidazole rings is 1. The van der Waals surface area contributed by atoms with Crippen molar-refractivity contribution in [2.24, 2.45) is 0 Å². The van der Waals surface area contributed by atoms with Crippen molar-refractivity contribution < 1.29 is 13.2 Å². The van der Waals surface area contributed by atoms with Gasteiger partial charge in [0.1, 0.15) is 0 Å². The molecule has 0 fully saturated rings. The van der Waals surface area contributed by atoms with Crippen molar-refractivity contribution in [2.75, 3.05) is 25.2 Å². The first-order chi connectivity index (χ1) is 15.0. The Balaban J connectivity index is 1.77. The van der Waals surface area contributed by atoms with Crippen molar-refractivity contribution in [1.82, 2.24) is 13.9 Å². The maximum atomic E-state index is 12.7. The van der Waals surface area contributed by atoms with E-state index in [9.17, 15) is 13.2 Å². The number of sulfonamides is 1. The second-order valence-electron chi connectivity index (χ2n) is 7.91. The third kappa shape index (κ3) is 5.06. The van der Waals surface area contributed by atoms with Gasteiger partial charge in [0.05, 0.1) is 16.3 Å². The summed E-state index contributed by atoms with van der Waals surface area (Å²) in [6.45, 7) is 7.78. The van der Waals surface area contributed by atoms with Gasteiger partial charge >= 0.3 is 0 Å². The minimum Gasteiger partial charge on any atom is -0.325 e. The predicted molar refractivity (Wildman–Crippen MR) is 129 cm³/mol. The lowest BCUT2D eigenvalue weighted by Gasteiger charge is -2.16. The summed E-state index contributed by atoms with van der Waals surface area (Å²) in [6.07, 6.45) is 3.59. The molecule has 2 aromatic carbocycles. The number of hydrogen-bond acceptors (Lipinski definition) is 5. The van der Waals surface area contributed by atoms with Gasteiger partial charge < -0.3 is 5.32 Å². The Hall–Kier alpha value is -2.62. The van der Waals surface area contributed by atoms with E-state index in [0.717, 1.165) is 26.7 Å². The molecule has 32 heavy (non-hydrogen) atoms. The molecule has 9 heteroatoms. The summed E-state index contributed by atoms with van der Waals surface area (Å²) in [7, 11) is -0.635. The number of rotatable bonds is 7. The fourth-order valence-electron chi connectivity index (χ4n) is 3.29. The van der Waals surface area contributed by atoms with Gasteiger partial charge in [0.25, 0.3) is 0 Å². The standard InChI is InChI=1S/C23H28N4O3S2/c1-15-7-8-21(17(3)11-15)27-10-9-24-23(27)31-14-22(28)25-20-13-19(12-16(2)18(20)4)32(29,30)26(5)6/h7-13H,14H2,1-6H3,(H,25,28). The van der Waals surface area contributed by atoms with Crippen LogP contribution in [0.15, 0.2) is 52.8 Å². The van der Waals surface area contributed by atoms with E-state index in [1.165, 1.54) is 37.5 Å². The van der Waals surface area contributed by atoms with Crippen LogP contribution in [0.1, 0.15) is 22.3 Å². The summed E-state index contributed by atoms with van der Waals surface area (Å²) in [5.41, 5.74) is 5.44. The van der Waals surface area contributed by atoms with E-state index in [-0.39, 0.29) is 16.6 Å². The van der Waals surface area contributed by atoms with Crippen molar-refractivity contribution in [2.45, 2.75) is 37.7 Å². The van der Waals surface area contributed by atoms with Gasteiger partial charge in [-0.1, -0.05) is 29.5 Å². The largest absolute Gasteiger partial charge is 0.325 e. The molecule has 0 atom stereocenters. The number of thioether (sulfide) groups is 1. The Kier molecular flexibility index (Phi) is 7.12. The molecule has 1 amide bonds. The lowest BCUT2D eigenvalue weighted by Crippen LogP contribution is -2.23. The van der Waals surface area contributed by atoms with Crippen molar-refractivity contribution in [1.29, 1.82) is 0 Å². The van der Waals surface area contributed by atoms with E-state index in [1.54, 1.807) is 12.3 Å². The lowest BCUT2D eigenvalue weighted by atomic mass is 10.1. The zero-order valence-corrected chi connectivity index (χ0v) is 20.8. The molecule has 0 aliphatic heterocycles. The van der Waals surface area contributed by atoms with Crippen LogP contribution in [-0.4, -0.2) is 48.0 Å². The van der Waals surface area contributed by atoms with Crippen molar-refractivity contribution in [3.05, 3.63) is 65.0 Å². The fraction of sp³-hybridized carbons (Fsp3) is 0.304. The number of aromatic nitrogens is 2. The number of nitrogens with zero attached hydrogens (tertiary/aromatic N) is 3. The van der Waals surface area contributed by atoms with Crippen LogP contribution in [0.3, 0.4) is 0 Å². The molecule has 7 nitrogen and oxygen atoms in total. The minimum absolute atomic E-state index is 0.144. The SMILES string of the molecule is Cc1ccc(-n2ccnc2SCC(=O)Nc2cc(S(=O)(=O)N(C)C)cc(C)c2C)c(C)c1. The molecule has 1 heterocycles. The smallest absolute Gasteiger partial charge is 0.242 e. The number of aryl methyl sites for hydroxylation is 3. The van der Waals surface area contributed by atoms with Gasteiger partial charge in [-0.15, -0.1) is 0 Å². The number of anilines is 1. The number of amides is 1. The van der Waals surface area contributed by atoms with E-state index in [0.29, 0.717) is 10.8 Å². The summed E-state index contributed by atoms with van der Waals surface area (Å²) < 4.78 is 28.2. The van der Waals surface area contributed by atoms with Crippen LogP contribution in [0.4, 0.5) is 5.69 Å². The number of carbonyl (C=O) groups excluding carboxylic acids is 1. The highest BCUT2D eigenvalue weighted by Crippen LogP contribution is 2.27. The molecular weight excluding hydrogens is 444 g/mol. The molecule has 0 radical (unpaired) electrons. The summed E-state index contributed by atoms with van der Waals surface area (Å²) >= 11 is 1.33. The number of benzene rings is 2. The number of nitrogens with one attached hydrogen (secondary N) is 1. The Morgan fingerprint density at radius 2 is 1.81 bits per heavy atom. The average molecular weight is 473 g/mol. The molecule has 0 aliphatic rings. The number of hydrogen-bond donors (Lipinski definition) is 1. The maximum absolute atomic E-state index is 12.7. The first-order valence-corrected chi connectivity index (χ1v) is 12.5. The highest BCUT2D eigenvalue weighted by atomic mass is 32.2. The molecule has 0 spiro atoms. The molecule has 0 bridgehead atoms. The Morgan fingerprint density at radius 3 is 2.47 bits per heavy atom. The molecule has 0 saturated carbocycles.